The molecule has 1 atom stereocenters. The lowest BCUT2D eigenvalue weighted by molar-refractivity contribution is -0.119. The maximum atomic E-state index is 11.6. The largest absolute Gasteiger partial charge is 0.345 e. The number of nitrogens with one attached hydrogen (secondary N) is 1. The molecule has 0 fully saturated rings. The van der Waals surface area contributed by atoms with E-state index in [0.29, 0.717) is 0 Å². The van der Waals surface area contributed by atoms with Crippen molar-refractivity contribution in [3.8, 4) is 11.1 Å². The molecule has 2 nitrogen and oxygen atoms in total. The Labute approximate surface area is 136 Å². The van der Waals surface area contributed by atoms with Gasteiger partial charge in [0.05, 0.1) is 6.04 Å². The molecule has 0 bridgehead atoms. The van der Waals surface area contributed by atoms with Crippen molar-refractivity contribution in [2.75, 3.05) is 0 Å². The van der Waals surface area contributed by atoms with Crippen LogP contribution in [0.1, 0.15) is 24.1 Å². The van der Waals surface area contributed by atoms with Crippen molar-refractivity contribution in [2.24, 2.45) is 0 Å². The third-order valence-electron chi connectivity index (χ3n) is 3.83. The molecule has 0 saturated carbocycles. The Morgan fingerprint density at radius 1 is 0.696 bits per heavy atom. The highest BCUT2D eigenvalue weighted by Crippen LogP contribution is 2.25. The minimum absolute atomic E-state index is 0.0361. The van der Waals surface area contributed by atoms with Crippen LogP contribution in [0, 0.1) is 0 Å². The van der Waals surface area contributed by atoms with E-state index in [0.717, 1.165) is 11.1 Å². The van der Waals surface area contributed by atoms with Gasteiger partial charge < -0.3 is 5.32 Å². The Morgan fingerprint density at radius 3 is 1.74 bits per heavy atom. The summed E-state index contributed by atoms with van der Waals surface area (Å²) >= 11 is 0. The molecule has 3 aromatic rings. The molecule has 0 saturated heterocycles. The number of hydrogen-bond acceptors (Lipinski definition) is 1. The van der Waals surface area contributed by atoms with E-state index in [9.17, 15) is 4.79 Å². The molecule has 2 heteroatoms. The van der Waals surface area contributed by atoms with Gasteiger partial charge in [0, 0.05) is 6.92 Å². The van der Waals surface area contributed by atoms with Gasteiger partial charge in [-0.2, -0.15) is 0 Å². The Morgan fingerprint density at radius 2 is 1.17 bits per heavy atom. The van der Waals surface area contributed by atoms with Crippen LogP contribution in [0.3, 0.4) is 0 Å². The van der Waals surface area contributed by atoms with Crippen LogP contribution < -0.4 is 5.32 Å². The van der Waals surface area contributed by atoms with Crippen LogP contribution in [-0.2, 0) is 4.79 Å². The number of carbonyl (C=O) groups is 1. The summed E-state index contributed by atoms with van der Waals surface area (Å²) in [6.07, 6.45) is 0. The molecule has 0 aliphatic heterocycles. The first kappa shape index (κ1) is 15.0. The molecule has 114 valence electrons. The second-order valence-corrected chi connectivity index (χ2v) is 5.53. The molecule has 3 rings (SSSR count). The minimum atomic E-state index is -0.126. The molecule has 0 aromatic heterocycles. The average Bonchev–Trinajstić information content (AvgIpc) is 2.61. The highest BCUT2D eigenvalue weighted by Gasteiger charge is 2.14. The third-order valence-corrected chi connectivity index (χ3v) is 3.83. The van der Waals surface area contributed by atoms with Crippen molar-refractivity contribution in [2.45, 2.75) is 13.0 Å². The molecule has 23 heavy (non-hydrogen) atoms. The van der Waals surface area contributed by atoms with Crippen LogP contribution >= 0.6 is 0 Å². The number of rotatable bonds is 4. The first-order valence-electron chi connectivity index (χ1n) is 7.71. The van der Waals surface area contributed by atoms with Crippen LogP contribution in [0.2, 0.25) is 0 Å². The summed E-state index contributed by atoms with van der Waals surface area (Å²) in [6, 6.07) is 28.5. The van der Waals surface area contributed by atoms with Crippen molar-refractivity contribution in [3.63, 3.8) is 0 Å². The van der Waals surface area contributed by atoms with Crippen molar-refractivity contribution in [1.82, 2.24) is 5.32 Å². The van der Waals surface area contributed by atoms with E-state index in [1.807, 2.05) is 48.5 Å². The van der Waals surface area contributed by atoms with Crippen LogP contribution in [0.5, 0.6) is 0 Å². The zero-order valence-corrected chi connectivity index (χ0v) is 13.1. The van der Waals surface area contributed by atoms with E-state index in [1.165, 1.54) is 11.1 Å². The SMILES string of the molecule is CC(=O)N[C@H](c1ccccc1)c1ccc(-c2ccccc2)cc1. The van der Waals surface area contributed by atoms with Crippen molar-refractivity contribution >= 4 is 5.91 Å². The van der Waals surface area contributed by atoms with Gasteiger partial charge in [-0.1, -0.05) is 84.9 Å². The Hall–Kier alpha value is -2.87. The summed E-state index contributed by atoms with van der Waals surface area (Å²) < 4.78 is 0. The zero-order valence-electron chi connectivity index (χ0n) is 13.1. The second kappa shape index (κ2) is 6.93. The lowest BCUT2D eigenvalue weighted by Gasteiger charge is -2.19. The molecule has 1 N–H and O–H groups in total. The summed E-state index contributed by atoms with van der Waals surface area (Å²) in [5.41, 5.74) is 4.51. The normalized spacial score (nSPS) is 11.7. The van der Waals surface area contributed by atoms with E-state index in [1.54, 1.807) is 6.92 Å². The third kappa shape index (κ3) is 3.67. The van der Waals surface area contributed by atoms with Gasteiger partial charge in [0.2, 0.25) is 5.91 Å². The summed E-state index contributed by atoms with van der Waals surface area (Å²) in [4.78, 5) is 11.6. The van der Waals surface area contributed by atoms with Gasteiger partial charge in [-0.25, -0.2) is 0 Å². The van der Waals surface area contributed by atoms with Gasteiger partial charge in [0.1, 0.15) is 0 Å². The maximum Gasteiger partial charge on any atom is 0.217 e. The second-order valence-electron chi connectivity index (χ2n) is 5.53. The van der Waals surface area contributed by atoms with E-state index < -0.39 is 0 Å². The smallest absolute Gasteiger partial charge is 0.217 e. The summed E-state index contributed by atoms with van der Waals surface area (Å²) in [6.45, 7) is 1.55. The molecule has 0 spiro atoms. The molecule has 0 radical (unpaired) electrons. The number of carbonyl (C=O) groups excluding carboxylic acids is 1. The van der Waals surface area contributed by atoms with Gasteiger partial charge in [0.15, 0.2) is 0 Å². The zero-order chi connectivity index (χ0) is 16.1. The number of amides is 1. The summed E-state index contributed by atoms with van der Waals surface area (Å²) in [5.74, 6) is -0.0361. The van der Waals surface area contributed by atoms with E-state index in [-0.39, 0.29) is 11.9 Å². The topological polar surface area (TPSA) is 29.1 Å². The van der Waals surface area contributed by atoms with Gasteiger partial charge in [-0.05, 0) is 22.3 Å². The number of benzene rings is 3. The quantitative estimate of drug-likeness (QED) is 0.751. The van der Waals surface area contributed by atoms with E-state index in [4.69, 9.17) is 0 Å². The molecule has 0 aliphatic rings. The summed E-state index contributed by atoms with van der Waals surface area (Å²) in [5, 5.41) is 3.03. The van der Waals surface area contributed by atoms with Crippen molar-refractivity contribution in [3.05, 3.63) is 96.1 Å². The van der Waals surface area contributed by atoms with Gasteiger partial charge >= 0.3 is 0 Å². The van der Waals surface area contributed by atoms with Gasteiger partial charge in [-0.3, -0.25) is 4.79 Å². The average molecular weight is 301 g/mol. The first-order valence-corrected chi connectivity index (χ1v) is 7.71. The fraction of sp³-hybridized carbons (Fsp3) is 0.0952. The van der Waals surface area contributed by atoms with Crippen LogP contribution in [-0.4, -0.2) is 5.91 Å². The van der Waals surface area contributed by atoms with E-state index in [2.05, 4.69) is 41.7 Å². The molecular weight excluding hydrogens is 282 g/mol. The molecular formula is C21H19NO. The Kier molecular flexibility index (Phi) is 4.53. The van der Waals surface area contributed by atoms with Gasteiger partial charge in [-0.15, -0.1) is 0 Å². The monoisotopic (exact) mass is 301 g/mol. The Bertz CT molecular complexity index is 764. The molecule has 0 unspecified atom stereocenters. The standard InChI is InChI=1S/C21H19NO/c1-16(23)22-21(19-10-6-3-7-11-19)20-14-12-18(13-15-20)17-8-4-2-5-9-17/h2-15,21H,1H3,(H,22,23)/t21-/m1/s1. The van der Waals surface area contributed by atoms with Crippen LogP contribution in [0.4, 0.5) is 0 Å². The van der Waals surface area contributed by atoms with E-state index >= 15 is 0 Å². The highest BCUT2D eigenvalue weighted by molar-refractivity contribution is 5.74. The summed E-state index contributed by atoms with van der Waals surface area (Å²) in [7, 11) is 0. The number of hydrogen-bond donors (Lipinski definition) is 1. The molecule has 0 heterocycles. The Balaban J connectivity index is 1.93. The van der Waals surface area contributed by atoms with Crippen molar-refractivity contribution < 1.29 is 4.79 Å². The minimum Gasteiger partial charge on any atom is -0.345 e. The molecule has 0 aliphatic carbocycles. The fourth-order valence-electron chi connectivity index (χ4n) is 2.71. The predicted molar refractivity (Wildman–Crippen MR) is 94.0 cm³/mol. The lowest BCUT2D eigenvalue weighted by Crippen LogP contribution is -2.26. The maximum absolute atomic E-state index is 11.6. The van der Waals surface area contributed by atoms with Crippen molar-refractivity contribution in [1.29, 1.82) is 0 Å². The van der Waals surface area contributed by atoms with Gasteiger partial charge in [0.25, 0.3) is 0 Å². The molecule has 3 aromatic carbocycles. The molecule has 1 amide bonds. The van der Waals surface area contributed by atoms with Crippen LogP contribution in [0.15, 0.2) is 84.9 Å². The predicted octanol–water partition coefficient (Wildman–Crippen LogP) is 4.58. The fourth-order valence-corrected chi connectivity index (χ4v) is 2.71. The van der Waals surface area contributed by atoms with Crippen LogP contribution in [0.25, 0.3) is 11.1 Å². The first-order chi connectivity index (χ1) is 11.2. The highest BCUT2D eigenvalue weighted by atomic mass is 16.1. The lowest BCUT2D eigenvalue weighted by atomic mass is 9.96.